The molecule has 0 saturated heterocycles. The molecule has 0 unspecified atom stereocenters. The lowest BCUT2D eigenvalue weighted by Gasteiger charge is -2.10. The minimum atomic E-state index is -0.464. The number of benzene rings is 1. The molecule has 0 amide bonds. The Kier molecular flexibility index (Phi) is 6.29. The summed E-state index contributed by atoms with van der Waals surface area (Å²) in [7, 11) is 0. The highest BCUT2D eigenvalue weighted by molar-refractivity contribution is 5.71. The minimum Gasteiger partial charge on any atom is -0.482 e. The van der Waals surface area contributed by atoms with E-state index < -0.39 is 5.97 Å². The van der Waals surface area contributed by atoms with E-state index in [4.69, 9.17) is 9.47 Å². The van der Waals surface area contributed by atoms with Gasteiger partial charge >= 0.3 is 5.97 Å². The summed E-state index contributed by atoms with van der Waals surface area (Å²) in [6, 6.07) is 4.70. The lowest BCUT2D eigenvalue weighted by atomic mass is 10.2. The van der Waals surface area contributed by atoms with Crippen molar-refractivity contribution in [2.45, 2.75) is 33.4 Å². The third-order valence-corrected chi connectivity index (χ3v) is 2.31. The monoisotopic (exact) mass is 269 g/mol. The maximum Gasteiger partial charge on any atom is 0.344 e. The third-order valence-electron chi connectivity index (χ3n) is 2.31. The van der Waals surface area contributed by atoms with Crippen molar-refractivity contribution in [3.05, 3.63) is 29.6 Å². The van der Waals surface area contributed by atoms with Gasteiger partial charge in [0.25, 0.3) is 0 Å². The minimum absolute atomic E-state index is 0.214. The van der Waals surface area contributed by atoms with Crippen molar-refractivity contribution in [2.75, 3.05) is 13.2 Å². The Morgan fingerprint density at radius 3 is 2.74 bits per heavy atom. The van der Waals surface area contributed by atoms with E-state index in [1.54, 1.807) is 13.0 Å². The average molecular weight is 269 g/mol. The highest BCUT2D eigenvalue weighted by atomic mass is 19.1. The van der Waals surface area contributed by atoms with Gasteiger partial charge in [0.05, 0.1) is 6.61 Å². The zero-order valence-corrected chi connectivity index (χ0v) is 11.5. The molecule has 0 fully saturated rings. The van der Waals surface area contributed by atoms with Crippen LogP contribution in [-0.2, 0) is 16.1 Å². The number of carbonyl (C=O) groups excluding carboxylic acids is 1. The Labute approximate surface area is 112 Å². The van der Waals surface area contributed by atoms with Gasteiger partial charge in [-0.3, -0.25) is 0 Å². The second kappa shape index (κ2) is 7.74. The first-order valence-corrected chi connectivity index (χ1v) is 6.32. The Balaban J connectivity index is 2.60. The molecule has 0 radical (unpaired) electrons. The lowest BCUT2D eigenvalue weighted by Crippen LogP contribution is -2.22. The largest absolute Gasteiger partial charge is 0.482 e. The highest BCUT2D eigenvalue weighted by Crippen LogP contribution is 2.16. The molecule has 106 valence electrons. The second-order valence-corrected chi connectivity index (χ2v) is 4.42. The summed E-state index contributed by atoms with van der Waals surface area (Å²) < 4.78 is 23.3. The molecule has 5 heteroatoms. The summed E-state index contributed by atoms with van der Waals surface area (Å²) in [5.41, 5.74) is 0.771. The molecule has 1 N–H and O–H groups in total. The van der Waals surface area contributed by atoms with Gasteiger partial charge in [-0.15, -0.1) is 0 Å². The molecule has 1 aromatic rings. The zero-order valence-electron chi connectivity index (χ0n) is 11.5. The molecule has 4 nitrogen and oxygen atoms in total. The quantitative estimate of drug-likeness (QED) is 0.771. The number of ether oxygens (including phenoxy) is 2. The Hall–Kier alpha value is -1.62. The van der Waals surface area contributed by atoms with E-state index in [0.29, 0.717) is 24.9 Å². The first-order chi connectivity index (χ1) is 9.01. The summed E-state index contributed by atoms with van der Waals surface area (Å²) in [5.74, 6) is -0.524. The van der Waals surface area contributed by atoms with E-state index in [-0.39, 0.29) is 12.4 Å². The standard InChI is InChI=1S/C14H20FNO3/c1-4-18-14(17)9-19-13-6-11(5-12(15)7-13)8-16-10(2)3/h5-7,10,16H,4,8-9H2,1-3H3. The van der Waals surface area contributed by atoms with Crippen LogP contribution in [0.3, 0.4) is 0 Å². The van der Waals surface area contributed by atoms with Crippen LogP contribution in [0, 0.1) is 5.82 Å². The molecule has 1 aromatic carbocycles. The molecule has 0 aromatic heterocycles. The van der Waals surface area contributed by atoms with Gasteiger partial charge in [0.1, 0.15) is 11.6 Å². The summed E-state index contributed by atoms with van der Waals surface area (Å²) in [4.78, 5) is 11.1. The number of hydrogen-bond acceptors (Lipinski definition) is 4. The van der Waals surface area contributed by atoms with Gasteiger partial charge in [0, 0.05) is 18.7 Å². The molecule has 0 spiro atoms. The van der Waals surface area contributed by atoms with Crippen LogP contribution in [0.15, 0.2) is 18.2 Å². The second-order valence-electron chi connectivity index (χ2n) is 4.42. The Bertz CT molecular complexity index is 421. The average Bonchev–Trinajstić information content (AvgIpc) is 2.34. The maximum absolute atomic E-state index is 13.4. The van der Waals surface area contributed by atoms with Crippen molar-refractivity contribution in [2.24, 2.45) is 0 Å². The van der Waals surface area contributed by atoms with Crippen LogP contribution in [0.1, 0.15) is 26.3 Å². The SMILES string of the molecule is CCOC(=O)COc1cc(F)cc(CNC(C)C)c1. The first-order valence-electron chi connectivity index (χ1n) is 6.32. The van der Waals surface area contributed by atoms with Crippen LogP contribution in [0.4, 0.5) is 4.39 Å². The number of rotatable bonds is 7. The lowest BCUT2D eigenvalue weighted by molar-refractivity contribution is -0.145. The molecular formula is C14H20FNO3. The van der Waals surface area contributed by atoms with Gasteiger partial charge in [0.15, 0.2) is 6.61 Å². The summed E-state index contributed by atoms with van der Waals surface area (Å²) >= 11 is 0. The molecule has 0 bridgehead atoms. The summed E-state index contributed by atoms with van der Waals surface area (Å²) in [6.07, 6.45) is 0. The summed E-state index contributed by atoms with van der Waals surface area (Å²) in [5, 5.41) is 3.19. The molecule has 0 saturated carbocycles. The van der Waals surface area contributed by atoms with E-state index in [1.165, 1.54) is 12.1 Å². The topological polar surface area (TPSA) is 47.6 Å². The van der Waals surface area contributed by atoms with E-state index >= 15 is 0 Å². The van der Waals surface area contributed by atoms with E-state index in [2.05, 4.69) is 5.32 Å². The van der Waals surface area contributed by atoms with E-state index in [1.807, 2.05) is 13.8 Å². The van der Waals surface area contributed by atoms with Crippen molar-refractivity contribution < 1.29 is 18.7 Å². The van der Waals surface area contributed by atoms with Crippen molar-refractivity contribution in [3.8, 4) is 5.75 Å². The van der Waals surface area contributed by atoms with Crippen molar-refractivity contribution in [1.82, 2.24) is 5.32 Å². The maximum atomic E-state index is 13.4. The van der Waals surface area contributed by atoms with Crippen molar-refractivity contribution in [3.63, 3.8) is 0 Å². The molecule has 0 aliphatic carbocycles. The fraction of sp³-hybridized carbons (Fsp3) is 0.500. The first kappa shape index (κ1) is 15.4. The van der Waals surface area contributed by atoms with Crippen LogP contribution in [0.2, 0.25) is 0 Å². The van der Waals surface area contributed by atoms with Crippen LogP contribution in [0.25, 0.3) is 0 Å². The number of halogens is 1. The molecule has 1 rings (SSSR count). The normalized spacial score (nSPS) is 10.6. The van der Waals surface area contributed by atoms with Gasteiger partial charge in [-0.05, 0) is 24.6 Å². The highest BCUT2D eigenvalue weighted by Gasteiger charge is 2.06. The third kappa shape index (κ3) is 6.20. The fourth-order valence-corrected chi connectivity index (χ4v) is 1.47. The van der Waals surface area contributed by atoms with Gasteiger partial charge in [-0.25, -0.2) is 9.18 Å². The van der Waals surface area contributed by atoms with Crippen molar-refractivity contribution in [1.29, 1.82) is 0 Å². The molecular weight excluding hydrogens is 249 g/mol. The zero-order chi connectivity index (χ0) is 14.3. The van der Waals surface area contributed by atoms with Crippen LogP contribution in [0.5, 0.6) is 5.75 Å². The van der Waals surface area contributed by atoms with Gasteiger partial charge < -0.3 is 14.8 Å². The summed E-state index contributed by atoms with van der Waals surface area (Å²) in [6.45, 7) is 6.37. The van der Waals surface area contributed by atoms with Gasteiger partial charge in [0.2, 0.25) is 0 Å². The number of nitrogens with one attached hydrogen (secondary N) is 1. The molecule has 0 aliphatic heterocycles. The van der Waals surface area contributed by atoms with Crippen LogP contribution < -0.4 is 10.1 Å². The van der Waals surface area contributed by atoms with Crippen molar-refractivity contribution >= 4 is 5.97 Å². The van der Waals surface area contributed by atoms with E-state index in [0.717, 1.165) is 5.56 Å². The Morgan fingerprint density at radius 2 is 2.11 bits per heavy atom. The predicted octanol–water partition coefficient (Wildman–Crippen LogP) is 2.27. The van der Waals surface area contributed by atoms with Gasteiger partial charge in [-0.2, -0.15) is 0 Å². The van der Waals surface area contributed by atoms with Crippen LogP contribution in [-0.4, -0.2) is 25.2 Å². The molecule has 0 atom stereocenters. The predicted molar refractivity (Wildman–Crippen MR) is 70.5 cm³/mol. The van der Waals surface area contributed by atoms with Gasteiger partial charge in [-0.1, -0.05) is 13.8 Å². The molecule has 19 heavy (non-hydrogen) atoms. The number of carbonyl (C=O) groups is 1. The smallest absolute Gasteiger partial charge is 0.344 e. The number of hydrogen-bond donors (Lipinski definition) is 1. The van der Waals surface area contributed by atoms with E-state index in [9.17, 15) is 9.18 Å². The fourth-order valence-electron chi connectivity index (χ4n) is 1.47. The number of esters is 1. The molecule has 0 heterocycles. The molecule has 0 aliphatic rings. The van der Waals surface area contributed by atoms with Crippen LogP contribution >= 0.6 is 0 Å². The Morgan fingerprint density at radius 1 is 1.37 bits per heavy atom.